The number of carboxylic acids is 1. The topological polar surface area (TPSA) is 83.8 Å². The largest absolute Gasteiger partial charge is 0.507 e. The summed E-state index contributed by atoms with van der Waals surface area (Å²) in [6.07, 6.45) is 2.58. The first-order valence-electron chi connectivity index (χ1n) is 9.22. The van der Waals surface area contributed by atoms with Gasteiger partial charge in [-0.05, 0) is 70.6 Å². The summed E-state index contributed by atoms with van der Waals surface area (Å²) in [4.78, 5) is 22.9. The van der Waals surface area contributed by atoms with Crippen LogP contribution in [0.15, 0.2) is 0 Å². The SMILES string of the molecule is CCC(=O)CCc1c(C)c(O)c(C)c(C)c1OCCCC(C)(C)C(=O)O. The molecule has 5 nitrogen and oxygen atoms in total. The first kappa shape index (κ1) is 22.0. The predicted molar refractivity (Wildman–Crippen MR) is 102 cm³/mol. The zero-order chi connectivity index (χ0) is 20.1. The first-order valence-corrected chi connectivity index (χ1v) is 9.22. The molecule has 0 aliphatic rings. The lowest BCUT2D eigenvalue weighted by Crippen LogP contribution is -2.24. The van der Waals surface area contributed by atoms with Crippen LogP contribution in [-0.2, 0) is 16.0 Å². The van der Waals surface area contributed by atoms with Crippen LogP contribution in [0.2, 0.25) is 0 Å². The van der Waals surface area contributed by atoms with Crippen molar-refractivity contribution in [1.82, 2.24) is 0 Å². The Morgan fingerprint density at radius 3 is 2.23 bits per heavy atom. The fourth-order valence-corrected chi connectivity index (χ4v) is 2.90. The molecule has 0 spiro atoms. The molecular formula is C21H32O5. The zero-order valence-corrected chi connectivity index (χ0v) is 16.9. The van der Waals surface area contributed by atoms with E-state index < -0.39 is 11.4 Å². The number of carbonyl (C=O) groups excluding carboxylic acids is 1. The second kappa shape index (κ2) is 9.06. The van der Waals surface area contributed by atoms with E-state index in [0.29, 0.717) is 38.7 Å². The third-order valence-electron chi connectivity index (χ3n) is 5.16. The molecule has 1 aromatic rings. The van der Waals surface area contributed by atoms with E-state index in [1.807, 2.05) is 27.7 Å². The molecule has 1 rings (SSSR count). The average Bonchev–Trinajstić information content (AvgIpc) is 2.59. The van der Waals surface area contributed by atoms with E-state index in [-0.39, 0.29) is 11.5 Å². The van der Waals surface area contributed by atoms with Crippen molar-refractivity contribution < 1.29 is 24.5 Å². The molecule has 5 heteroatoms. The van der Waals surface area contributed by atoms with E-state index in [9.17, 15) is 19.8 Å². The molecular weight excluding hydrogens is 332 g/mol. The number of phenolic OH excluding ortho intramolecular Hbond substituents is 1. The quantitative estimate of drug-likeness (QED) is 0.597. The van der Waals surface area contributed by atoms with Gasteiger partial charge in [-0.15, -0.1) is 0 Å². The number of Topliss-reactive ketones (excluding diaryl/α,β-unsaturated/α-hetero) is 1. The summed E-state index contributed by atoms with van der Waals surface area (Å²) in [7, 11) is 0. The highest BCUT2D eigenvalue weighted by atomic mass is 16.5. The van der Waals surface area contributed by atoms with Gasteiger partial charge in [-0.1, -0.05) is 6.92 Å². The summed E-state index contributed by atoms with van der Waals surface area (Å²) >= 11 is 0. The minimum Gasteiger partial charge on any atom is -0.507 e. The van der Waals surface area contributed by atoms with Crippen LogP contribution in [0.1, 0.15) is 68.7 Å². The van der Waals surface area contributed by atoms with E-state index in [1.54, 1.807) is 13.8 Å². The van der Waals surface area contributed by atoms with Crippen LogP contribution in [0.5, 0.6) is 11.5 Å². The molecule has 0 aliphatic carbocycles. The summed E-state index contributed by atoms with van der Waals surface area (Å²) in [5, 5.41) is 19.5. The van der Waals surface area contributed by atoms with Crippen LogP contribution in [0.3, 0.4) is 0 Å². The molecule has 2 N–H and O–H groups in total. The van der Waals surface area contributed by atoms with Crippen molar-refractivity contribution in [2.24, 2.45) is 5.41 Å². The minimum absolute atomic E-state index is 0.177. The zero-order valence-electron chi connectivity index (χ0n) is 16.9. The number of carbonyl (C=O) groups is 2. The molecule has 0 radical (unpaired) electrons. The summed E-state index contributed by atoms with van der Waals surface area (Å²) in [5.41, 5.74) is 2.47. The lowest BCUT2D eigenvalue weighted by atomic mass is 9.88. The lowest BCUT2D eigenvalue weighted by Gasteiger charge is -2.22. The van der Waals surface area contributed by atoms with Gasteiger partial charge in [0.2, 0.25) is 0 Å². The Morgan fingerprint density at radius 2 is 1.69 bits per heavy atom. The van der Waals surface area contributed by atoms with E-state index in [4.69, 9.17) is 4.74 Å². The Balaban J connectivity index is 2.97. The molecule has 146 valence electrons. The number of hydrogen-bond acceptors (Lipinski definition) is 4. The van der Waals surface area contributed by atoms with E-state index in [0.717, 1.165) is 28.0 Å². The Bertz CT molecular complexity index is 674. The molecule has 0 saturated carbocycles. The van der Waals surface area contributed by atoms with Crippen molar-refractivity contribution in [3.8, 4) is 11.5 Å². The van der Waals surface area contributed by atoms with Crippen LogP contribution in [0.4, 0.5) is 0 Å². The van der Waals surface area contributed by atoms with E-state index in [2.05, 4.69) is 0 Å². The van der Waals surface area contributed by atoms with Crippen molar-refractivity contribution in [2.45, 2.75) is 73.6 Å². The third kappa shape index (κ3) is 5.23. The van der Waals surface area contributed by atoms with Gasteiger partial charge < -0.3 is 14.9 Å². The summed E-state index contributed by atoms with van der Waals surface area (Å²) in [6.45, 7) is 11.2. The van der Waals surface area contributed by atoms with Crippen molar-refractivity contribution in [2.75, 3.05) is 6.61 Å². The maximum Gasteiger partial charge on any atom is 0.309 e. The third-order valence-corrected chi connectivity index (χ3v) is 5.16. The van der Waals surface area contributed by atoms with Gasteiger partial charge in [-0.3, -0.25) is 9.59 Å². The number of carboxylic acid groups (broad SMARTS) is 1. The van der Waals surface area contributed by atoms with Gasteiger partial charge in [0.15, 0.2) is 0 Å². The standard InChI is InChI=1S/C21H32O5/c1-7-16(22)9-10-17-15(4)18(23)13(2)14(3)19(17)26-12-8-11-21(5,6)20(24)25/h23H,7-12H2,1-6H3,(H,24,25). The minimum atomic E-state index is -0.816. The van der Waals surface area contributed by atoms with Crippen molar-refractivity contribution in [3.63, 3.8) is 0 Å². The van der Waals surface area contributed by atoms with E-state index >= 15 is 0 Å². The number of hydrogen-bond donors (Lipinski definition) is 2. The lowest BCUT2D eigenvalue weighted by molar-refractivity contribution is -0.147. The van der Waals surface area contributed by atoms with Gasteiger partial charge >= 0.3 is 5.97 Å². The van der Waals surface area contributed by atoms with Crippen LogP contribution in [-0.4, -0.2) is 28.6 Å². The number of phenols is 1. The number of benzene rings is 1. The number of ether oxygens (including phenoxy) is 1. The Hall–Kier alpha value is -2.04. The smallest absolute Gasteiger partial charge is 0.309 e. The van der Waals surface area contributed by atoms with Crippen molar-refractivity contribution in [1.29, 1.82) is 0 Å². The molecule has 0 amide bonds. The fourth-order valence-electron chi connectivity index (χ4n) is 2.90. The number of ketones is 1. The molecule has 0 heterocycles. The van der Waals surface area contributed by atoms with Gasteiger partial charge in [0.1, 0.15) is 17.3 Å². The van der Waals surface area contributed by atoms with Gasteiger partial charge in [0.25, 0.3) is 0 Å². The normalized spacial score (nSPS) is 11.5. The molecule has 0 saturated heterocycles. The maximum absolute atomic E-state index is 11.7. The van der Waals surface area contributed by atoms with Gasteiger partial charge in [0.05, 0.1) is 12.0 Å². The average molecular weight is 364 g/mol. The van der Waals surface area contributed by atoms with Crippen LogP contribution >= 0.6 is 0 Å². The van der Waals surface area contributed by atoms with Crippen LogP contribution < -0.4 is 4.74 Å². The first-order chi connectivity index (χ1) is 12.0. The maximum atomic E-state index is 11.7. The van der Waals surface area contributed by atoms with Crippen molar-refractivity contribution >= 4 is 11.8 Å². The monoisotopic (exact) mass is 364 g/mol. The fraction of sp³-hybridized carbons (Fsp3) is 0.619. The summed E-state index contributed by atoms with van der Waals surface area (Å²) < 4.78 is 6.01. The molecule has 0 aliphatic heterocycles. The molecule has 0 unspecified atom stereocenters. The van der Waals surface area contributed by atoms with Crippen molar-refractivity contribution in [3.05, 3.63) is 22.3 Å². The second-order valence-corrected chi connectivity index (χ2v) is 7.56. The van der Waals surface area contributed by atoms with Crippen LogP contribution in [0.25, 0.3) is 0 Å². The molecule has 0 atom stereocenters. The van der Waals surface area contributed by atoms with Gasteiger partial charge in [0, 0.05) is 18.4 Å². The second-order valence-electron chi connectivity index (χ2n) is 7.56. The Morgan fingerprint density at radius 1 is 1.08 bits per heavy atom. The molecule has 0 bridgehead atoms. The summed E-state index contributed by atoms with van der Waals surface area (Å²) in [6, 6.07) is 0. The van der Waals surface area contributed by atoms with Gasteiger partial charge in [-0.25, -0.2) is 0 Å². The molecule has 26 heavy (non-hydrogen) atoms. The van der Waals surface area contributed by atoms with Crippen LogP contribution in [0, 0.1) is 26.2 Å². The molecule has 0 fully saturated rings. The summed E-state index contributed by atoms with van der Waals surface area (Å²) in [5.74, 6) is 0.329. The predicted octanol–water partition coefficient (Wildman–Crippen LogP) is 4.50. The highest BCUT2D eigenvalue weighted by molar-refractivity contribution is 5.78. The Labute approximate surface area is 156 Å². The molecule has 0 aromatic heterocycles. The highest BCUT2D eigenvalue weighted by Crippen LogP contribution is 2.38. The number of rotatable bonds is 10. The van der Waals surface area contributed by atoms with E-state index in [1.165, 1.54) is 0 Å². The van der Waals surface area contributed by atoms with Gasteiger partial charge in [-0.2, -0.15) is 0 Å². The number of aliphatic carboxylic acids is 1. The Kier molecular flexibility index (Phi) is 7.67. The highest BCUT2D eigenvalue weighted by Gasteiger charge is 2.26. The molecule has 1 aromatic carbocycles. The number of aromatic hydroxyl groups is 1.